The number of rotatable bonds is 1. The van der Waals surface area contributed by atoms with E-state index in [1.807, 2.05) is 0 Å². The third-order valence-corrected chi connectivity index (χ3v) is 4.57. The zero-order valence-electron chi connectivity index (χ0n) is 9.84. The molecule has 1 unspecified atom stereocenters. The van der Waals surface area contributed by atoms with E-state index in [-0.39, 0.29) is 0 Å². The Hall–Kier alpha value is -0.0400. The molecule has 80 valence electrons. The minimum absolute atomic E-state index is 0.514. The Morgan fingerprint density at radius 3 is 2.86 bits per heavy atom. The van der Waals surface area contributed by atoms with Crippen molar-refractivity contribution in [2.75, 3.05) is 13.1 Å². The summed E-state index contributed by atoms with van der Waals surface area (Å²) in [5.74, 6) is 2.18. The summed E-state index contributed by atoms with van der Waals surface area (Å²) in [6, 6.07) is 0. The first-order valence-electron chi connectivity index (χ1n) is 6.26. The molecule has 2 aliphatic heterocycles. The molecule has 0 N–H and O–H groups in total. The third kappa shape index (κ3) is 1.18. The van der Waals surface area contributed by atoms with Gasteiger partial charge >= 0.3 is 0 Å². The van der Waals surface area contributed by atoms with Crippen molar-refractivity contribution in [1.29, 1.82) is 0 Å². The summed E-state index contributed by atoms with van der Waals surface area (Å²) < 4.78 is 0. The predicted molar refractivity (Wildman–Crippen MR) is 59.2 cm³/mol. The molecule has 0 aromatic carbocycles. The van der Waals surface area contributed by atoms with Crippen LogP contribution in [0.1, 0.15) is 46.5 Å². The van der Waals surface area contributed by atoms with E-state index in [2.05, 4.69) is 25.7 Å². The van der Waals surface area contributed by atoms with E-state index < -0.39 is 0 Å². The Morgan fingerprint density at radius 1 is 1.36 bits per heavy atom. The van der Waals surface area contributed by atoms with Gasteiger partial charge in [-0.1, -0.05) is 20.8 Å². The number of nitrogens with zero attached hydrogens (tertiary/aromatic N) is 1. The fraction of sp³-hybridized carbons (Fsp3) is 1.00. The van der Waals surface area contributed by atoms with Gasteiger partial charge in [-0.05, 0) is 49.5 Å². The van der Waals surface area contributed by atoms with Crippen LogP contribution in [0.15, 0.2) is 0 Å². The van der Waals surface area contributed by atoms with Gasteiger partial charge in [0.05, 0.1) is 0 Å². The van der Waals surface area contributed by atoms with Gasteiger partial charge < -0.3 is 0 Å². The number of hydrogen-bond donors (Lipinski definition) is 0. The summed E-state index contributed by atoms with van der Waals surface area (Å²) in [6.45, 7) is 10.1. The van der Waals surface area contributed by atoms with E-state index in [4.69, 9.17) is 0 Å². The summed E-state index contributed by atoms with van der Waals surface area (Å²) in [7, 11) is 0. The van der Waals surface area contributed by atoms with Crippen molar-refractivity contribution in [1.82, 2.24) is 4.90 Å². The van der Waals surface area contributed by atoms with Crippen LogP contribution in [-0.2, 0) is 0 Å². The number of piperidine rings is 1. The maximum atomic E-state index is 2.83. The molecule has 0 radical (unpaired) electrons. The molecule has 3 aliphatic rings. The average molecular weight is 193 g/mol. The van der Waals surface area contributed by atoms with Gasteiger partial charge in [-0.3, -0.25) is 4.90 Å². The van der Waals surface area contributed by atoms with Gasteiger partial charge in [-0.15, -0.1) is 0 Å². The quantitative estimate of drug-likeness (QED) is 0.619. The van der Waals surface area contributed by atoms with Gasteiger partial charge in [0, 0.05) is 12.1 Å². The molecule has 0 aromatic rings. The summed E-state index contributed by atoms with van der Waals surface area (Å²) in [5, 5.41) is 0. The van der Waals surface area contributed by atoms with Crippen LogP contribution in [0.5, 0.6) is 0 Å². The molecule has 0 spiro atoms. The highest BCUT2D eigenvalue weighted by Gasteiger charge is 2.63. The highest BCUT2D eigenvalue weighted by Crippen LogP contribution is 2.62. The molecule has 3 fully saturated rings. The minimum Gasteiger partial charge on any atom is -0.297 e. The van der Waals surface area contributed by atoms with Crippen LogP contribution >= 0.6 is 0 Å². The highest BCUT2D eigenvalue weighted by molar-refractivity contribution is 5.17. The molecule has 1 nitrogen and oxygen atoms in total. The molecule has 1 heteroatoms. The summed E-state index contributed by atoms with van der Waals surface area (Å²) in [4.78, 5) is 2.83. The lowest BCUT2D eigenvalue weighted by atomic mass is 9.76. The third-order valence-electron chi connectivity index (χ3n) is 4.57. The van der Waals surface area contributed by atoms with Crippen molar-refractivity contribution in [3.63, 3.8) is 0 Å². The van der Waals surface area contributed by atoms with E-state index in [1.165, 1.54) is 32.4 Å². The lowest BCUT2D eigenvalue weighted by Crippen LogP contribution is -2.44. The monoisotopic (exact) mass is 193 g/mol. The SMILES string of the molecule is CC(C)(C)CC12CCCN1C[C@@H]1C[C@@H]12. The highest BCUT2D eigenvalue weighted by atomic mass is 15.3. The van der Waals surface area contributed by atoms with E-state index in [1.54, 1.807) is 6.42 Å². The van der Waals surface area contributed by atoms with Crippen molar-refractivity contribution in [2.45, 2.75) is 52.0 Å². The fourth-order valence-corrected chi connectivity index (χ4v) is 4.29. The van der Waals surface area contributed by atoms with Crippen molar-refractivity contribution < 1.29 is 0 Å². The van der Waals surface area contributed by atoms with Crippen molar-refractivity contribution in [3.05, 3.63) is 0 Å². The van der Waals surface area contributed by atoms with E-state index >= 15 is 0 Å². The molecule has 3 rings (SSSR count). The van der Waals surface area contributed by atoms with Crippen LogP contribution in [0.3, 0.4) is 0 Å². The Balaban J connectivity index is 1.85. The van der Waals surface area contributed by atoms with Crippen LogP contribution < -0.4 is 0 Å². The first kappa shape index (κ1) is 9.21. The molecule has 0 aromatic heterocycles. The molecule has 14 heavy (non-hydrogen) atoms. The maximum Gasteiger partial charge on any atom is 0.0246 e. The molecule has 0 bridgehead atoms. The largest absolute Gasteiger partial charge is 0.297 e. The Morgan fingerprint density at radius 2 is 2.14 bits per heavy atom. The van der Waals surface area contributed by atoms with Crippen LogP contribution in [-0.4, -0.2) is 23.5 Å². The second kappa shape index (κ2) is 2.55. The van der Waals surface area contributed by atoms with Gasteiger partial charge in [-0.25, -0.2) is 0 Å². The number of hydrogen-bond acceptors (Lipinski definition) is 1. The standard InChI is InChI=1S/C13H23N/c1-12(2,3)9-13-5-4-6-14(13)8-10-7-11(10)13/h10-11H,4-9H2,1-3H3/t10-,11-,13?/m0/s1. The first-order chi connectivity index (χ1) is 6.51. The fourth-order valence-electron chi connectivity index (χ4n) is 4.29. The first-order valence-corrected chi connectivity index (χ1v) is 6.26. The maximum absolute atomic E-state index is 2.83. The molecular formula is C13H23N. The number of fused-ring (bicyclic) bond motifs is 3. The van der Waals surface area contributed by atoms with E-state index in [0.29, 0.717) is 11.0 Å². The van der Waals surface area contributed by atoms with Crippen molar-refractivity contribution in [3.8, 4) is 0 Å². The van der Waals surface area contributed by atoms with E-state index in [0.717, 1.165) is 11.8 Å². The minimum atomic E-state index is 0.514. The average Bonchev–Trinajstić information content (AvgIpc) is 2.58. The van der Waals surface area contributed by atoms with Crippen LogP contribution in [0.4, 0.5) is 0 Å². The molecule has 2 heterocycles. The Bertz CT molecular complexity index is 252. The molecular weight excluding hydrogens is 170 g/mol. The molecule has 1 aliphatic carbocycles. The second-order valence-corrected chi connectivity index (χ2v) is 6.99. The van der Waals surface area contributed by atoms with Crippen molar-refractivity contribution in [2.24, 2.45) is 17.3 Å². The topological polar surface area (TPSA) is 3.24 Å². The zero-order chi connectivity index (χ0) is 9.97. The predicted octanol–water partition coefficient (Wildman–Crippen LogP) is 2.91. The summed E-state index contributed by atoms with van der Waals surface area (Å²) >= 11 is 0. The smallest absolute Gasteiger partial charge is 0.0246 e. The summed E-state index contributed by atoms with van der Waals surface area (Å²) in [6.07, 6.45) is 5.93. The normalized spacial score (nSPS) is 46.5. The van der Waals surface area contributed by atoms with Gasteiger partial charge in [-0.2, -0.15) is 0 Å². The lowest BCUT2D eigenvalue weighted by Gasteiger charge is -2.40. The van der Waals surface area contributed by atoms with Gasteiger partial charge in [0.1, 0.15) is 0 Å². The van der Waals surface area contributed by atoms with Crippen LogP contribution in [0.25, 0.3) is 0 Å². The van der Waals surface area contributed by atoms with Gasteiger partial charge in [0.15, 0.2) is 0 Å². The Labute approximate surface area is 87.9 Å². The van der Waals surface area contributed by atoms with Gasteiger partial charge in [0.2, 0.25) is 0 Å². The Kier molecular flexibility index (Phi) is 1.68. The molecule has 1 saturated carbocycles. The van der Waals surface area contributed by atoms with Crippen LogP contribution in [0.2, 0.25) is 0 Å². The lowest BCUT2D eigenvalue weighted by molar-refractivity contribution is 0.101. The zero-order valence-corrected chi connectivity index (χ0v) is 9.84. The molecule has 3 atom stereocenters. The molecule has 2 saturated heterocycles. The summed E-state index contributed by atoms with van der Waals surface area (Å²) in [5.41, 5.74) is 1.17. The second-order valence-electron chi connectivity index (χ2n) is 6.99. The van der Waals surface area contributed by atoms with Gasteiger partial charge in [0.25, 0.3) is 0 Å². The van der Waals surface area contributed by atoms with E-state index in [9.17, 15) is 0 Å². The molecule has 0 amide bonds. The van der Waals surface area contributed by atoms with Crippen LogP contribution in [0, 0.1) is 17.3 Å². The van der Waals surface area contributed by atoms with Crippen molar-refractivity contribution >= 4 is 0 Å².